The summed E-state index contributed by atoms with van der Waals surface area (Å²) in [5.41, 5.74) is 1.93. The Hall–Kier alpha value is -1.25. The predicted molar refractivity (Wildman–Crippen MR) is 123 cm³/mol. The van der Waals surface area contributed by atoms with Gasteiger partial charge in [-0.25, -0.2) is 0 Å². The Kier molecular flexibility index (Phi) is 6.32. The van der Waals surface area contributed by atoms with Gasteiger partial charge >= 0.3 is 0 Å². The molecular formula is C23H35NO2Si2. The second-order valence-corrected chi connectivity index (χ2v) is 18.6. The molecule has 152 valence electrons. The molecule has 1 heterocycles. The van der Waals surface area contributed by atoms with Crippen LogP contribution < -0.4 is 5.32 Å². The summed E-state index contributed by atoms with van der Waals surface area (Å²) >= 11 is 0. The minimum absolute atomic E-state index is 0.172. The maximum Gasteiger partial charge on any atom is 0.185 e. The Morgan fingerprint density at radius 3 is 1.71 bits per heavy atom. The SMILES string of the molecule is C[Si](C)(C)O[C@H]1CN[C@H](C(O[Si](C)(C)C)(c2ccccc2)c2ccccc2)C1. The van der Waals surface area contributed by atoms with Crippen LogP contribution >= 0.6 is 0 Å². The molecule has 1 N–H and O–H groups in total. The van der Waals surface area contributed by atoms with Crippen LogP contribution in [-0.4, -0.2) is 35.3 Å². The number of hydrogen-bond acceptors (Lipinski definition) is 3. The van der Waals surface area contributed by atoms with Gasteiger partial charge in [0.15, 0.2) is 16.6 Å². The van der Waals surface area contributed by atoms with Crippen LogP contribution in [0.2, 0.25) is 39.3 Å². The van der Waals surface area contributed by atoms with Gasteiger partial charge in [-0.2, -0.15) is 0 Å². The van der Waals surface area contributed by atoms with Crippen LogP contribution in [0.5, 0.6) is 0 Å². The van der Waals surface area contributed by atoms with Crippen molar-refractivity contribution >= 4 is 16.6 Å². The fraction of sp³-hybridized carbons (Fsp3) is 0.478. The Morgan fingerprint density at radius 1 is 0.786 bits per heavy atom. The molecule has 5 heteroatoms. The third kappa shape index (κ3) is 5.02. The summed E-state index contributed by atoms with van der Waals surface area (Å²) < 4.78 is 13.6. The van der Waals surface area contributed by atoms with Crippen LogP contribution in [-0.2, 0) is 14.5 Å². The molecule has 0 aliphatic carbocycles. The lowest BCUT2D eigenvalue weighted by Crippen LogP contribution is -2.53. The van der Waals surface area contributed by atoms with E-state index in [0.29, 0.717) is 0 Å². The molecule has 0 spiro atoms. The highest BCUT2D eigenvalue weighted by atomic mass is 28.4. The molecule has 3 nitrogen and oxygen atoms in total. The van der Waals surface area contributed by atoms with Gasteiger partial charge in [-0.15, -0.1) is 0 Å². The van der Waals surface area contributed by atoms with E-state index in [1.807, 2.05) is 0 Å². The van der Waals surface area contributed by atoms with Gasteiger partial charge in [0.25, 0.3) is 0 Å². The van der Waals surface area contributed by atoms with Crippen LogP contribution in [0.4, 0.5) is 0 Å². The molecule has 28 heavy (non-hydrogen) atoms. The van der Waals surface area contributed by atoms with Crippen molar-refractivity contribution in [3.05, 3.63) is 71.8 Å². The van der Waals surface area contributed by atoms with Crippen molar-refractivity contribution in [2.24, 2.45) is 0 Å². The highest BCUT2D eigenvalue weighted by Gasteiger charge is 2.49. The molecule has 0 unspecified atom stereocenters. The summed E-state index contributed by atoms with van der Waals surface area (Å²) in [6.45, 7) is 14.5. The zero-order valence-electron chi connectivity index (χ0n) is 18.2. The van der Waals surface area contributed by atoms with Crippen LogP contribution in [0.1, 0.15) is 17.5 Å². The number of benzene rings is 2. The van der Waals surface area contributed by atoms with Gasteiger partial charge in [-0.05, 0) is 56.8 Å². The van der Waals surface area contributed by atoms with E-state index in [1.165, 1.54) is 11.1 Å². The summed E-state index contributed by atoms with van der Waals surface area (Å²) in [4.78, 5) is 0. The van der Waals surface area contributed by atoms with Crippen molar-refractivity contribution in [2.45, 2.75) is 63.4 Å². The van der Waals surface area contributed by atoms with E-state index >= 15 is 0 Å². The Balaban J connectivity index is 2.08. The summed E-state index contributed by atoms with van der Waals surface area (Å²) in [6.07, 6.45) is 1.20. The summed E-state index contributed by atoms with van der Waals surface area (Å²) in [5, 5.41) is 3.78. The molecular weight excluding hydrogens is 378 g/mol. The van der Waals surface area contributed by atoms with E-state index in [9.17, 15) is 0 Å². The van der Waals surface area contributed by atoms with Crippen molar-refractivity contribution in [3.63, 3.8) is 0 Å². The molecule has 0 bridgehead atoms. The molecule has 1 aliphatic heterocycles. The first-order valence-corrected chi connectivity index (χ1v) is 17.1. The second kappa shape index (κ2) is 8.24. The fourth-order valence-corrected chi connectivity index (χ4v) is 6.74. The minimum atomic E-state index is -1.87. The standard InChI is InChI=1S/C23H35NO2Si2/c1-27(2,3)25-21-17-22(24-18-21)23(26-28(4,5)6,19-13-9-7-10-14-19)20-15-11-8-12-16-20/h7-16,21-22,24H,17-18H2,1-6H3/t21-,22+/m1/s1. The molecule has 1 aliphatic rings. The van der Waals surface area contributed by atoms with Gasteiger partial charge in [-0.1, -0.05) is 60.7 Å². The Morgan fingerprint density at radius 2 is 1.29 bits per heavy atom. The quantitative estimate of drug-likeness (QED) is 0.620. The highest BCUT2D eigenvalue weighted by Crippen LogP contribution is 2.42. The van der Waals surface area contributed by atoms with Gasteiger partial charge in [0.1, 0.15) is 5.60 Å². The topological polar surface area (TPSA) is 30.5 Å². The van der Waals surface area contributed by atoms with Crippen LogP contribution in [0.25, 0.3) is 0 Å². The third-order valence-corrected chi connectivity index (χ3v) is 6.95. The number of rotatable bonds is 7. The highest BCUT2D eigenvalue weighted by molar-refractivity contribution is 6.70. The summed E-state index contributed by atoms with van der Waals surface area (Å²) in [7, 11) is -3.46. The van der Waals surface area contributed by atoms with Gasteiger partial charge in [0.05, 0.1) is 6.10 Å². The molecule has 1 saturated heterocycles. The van der Waals surface area contributed by atoms with E-state index in [2.05, 4.69) is 105 Å². The lowest BCUT2D eigenvalue weighted by atomic mass is 9.79. The molecule has 1 fully saturated rings. The number of nitrogens with one attached hydrogen (secondary N) is 1. The van der Waals surface area contributed by atoms with Crippen molar-refractivity contribution in [1.29, 1.82) is 0 Å². The van der Waals surface area contributed by atoms with Gasteiger partial charge in [0, 0.05) is 12.6 Å². The Labute approximate surface area is 172 Å². The van der Waals surface area contributed by atoms with Crippen molar-refractivity contribution in [3.8, 4) is 0 Å². The van der Waals surface area contributed by atoms with E-state index in [1.54, 1.807) is 0 Å². The molecule has 0 aromatic heterocycles. The minimum Gasteiger partial charge on any atom is -0.413 e. The van der Waals surface area contributed by atoms with E-state index in [0.717, 1.165) is 13.0 Å². The molecule has 2 atom stereocenters. The molecule has 0 amide bonds. The predicted octanol–water partition coefficient (Wildman–Crippen LogP) is 5.36. The fourth-order valence-electron chi connectivity index (χ4n) is 4.22. The van der Waals surface area contributed by atoms with E-state index in [-0.39, 0.29) is 12.1 Å². The van der Waals surface area contributed by atoms with Gasteiger partial charge in [0.2, 0.25) is 0 Å². The van der Waals surface area contributed by atoms with Crippen molar-refractivity contribution in [1.82, 2.24) is 5.32 Å². The van der Waals surface area contributed by atoms with Crippen LogP contribution in [0, 0.1) is 0 Å². The zero-order chi connectivity index (χ0) is 20.4. The second-order valence-electron chi connectivity index (χ2n) is 9.73. The average molecular weight is 414 g/mol. The van der Waals surface area contributed by atoms with Crippen LogP contribution in [0.3, 0.4) is 0 Å². The van der Waals surface area contributed by atoms with E-state index < -0.39 is 22.2 Å². The van der Waals surface area contributed by atoms with Crippen molar-refractivity contribution < 1.29 is 8.85 Å². The first-order valence-electron chi connectivity index (χ1n) is 10.3. The van der Waals surface area contributed by atoms with Crippen LogP contribution in [0.15, 0.2) is 60.7 Å². The largest absolute Gasteiger partial charge is 0.413 e. The monoisotopic (exact) mass is 413 g/mol. The smallest absolute Gasteiger partial charge is 0.185 e. The lowest BCUT2D eigenvalue weighted by Gasteiger charge is -2.44. The molecule has 0 radical (unpaired) electrons. The van der Waals surface area contributed by atoms with Gasteiger partial charge < -0.3 is 14.2 Å². The third-order valence-electron chi connectivity index (χ3n) is 4.97. The zero-order valence-corrected chi connectivity index (χ0v) is 20.2. The average Bonchev–Trinajstić information content (AvgIpc) is 3.07. The first-order chi connectivity index (χ1) is 13.1. The van der Waals surface area contributed by atoms with Gasteiger partial charge in [-0.3, -0.25) is 0 Å². The first kappa shape index (κ1) is 21.5. The summed E-state index contributed by atoms with van der Waals surface area (Å²) in [5.74, 6) is 0. The maximum absolute atomic E-state index is 7.09. The number of hydrogen-bond donors (Lipinski definition) is 1. The normalized spacial score (nSPS) is 21.1. The van der Waals surface area contributed by atoms with Crippen molar-refractivity contribution in [2.75, 3.05) is 6.54 Å². The summed E-state index contributed by atoms with van der Waals surface area (Å²) in [6, 6.07) is 21.6. The van der Waals surface area contributed by atoms with E-state index in [4.69, 9.17) is 8.85 Å². The lowest BCUT2D eigenvalue weighted by molar-refractivity contribution is 0.0593. The molecule has 2 aromatic carbocycles. The molecule has 3 rings (SSSR count). The molecule has 2 aromatic rings. The Bertz CT molecular complexity index is 714. The maximum atomic E-state index is 7.09. The molecule has 0 saturated carbocycles.